The van der Waals surface area contributed by atoms with Crippen LogP contribution in [0.1, 0.15) is 76.3 Å². The molecule has 1 aliphatic rings. The van der Waals surface area contributed by atoms with E-state index in [2.05, 4.69) is 31.2 Å². The number of unbranched alkanes of at least 4 members (excludes halogenated alkanes) is 2. The molecule has 0 bridgehead atoms. The molecule has 1 saturated heterocycles. The third kappa shape index (κ3) is 7.21. The van der Waals surface area contributed by atoms with Crippen LogP contribution in [-0.4, -0.2) is 26.6 Å². The van der Waals surface area contributed by atoms with Gasteiger partial charge in [0.2, 0.25) is 0 Å². The minimum atomic E-state index is -0.972. The Morgan fingerprint density at radius 3 is 2.37 bits per heavy atom. The standard InChI is InChI=1S/C25H36F2O3/c1-5-7-8-9-19-10-12-21(13-11-19)22-14-15-23(30-17-22)29-16-20(6-2)25(27)24(26)18(3)28-4/h10-13,22-23H,5-9,14-17H2,1-4H3/b24-18-,25-20-. The molecule has 1 aliphatic heterocycles. The van der Waals surface area contributed by atoms with E-state index in [0.717, 1.165) is 19.3 Å². The van der Waals surface area contributed by atoms with Crippen LogP contribution in [0.2, 0.25) is 0 Å². The van der Waals surface area contributed by atoms with Crippen LogP contribution in [0.15, 0.2) is 47.3 Å². The van der Waals surface area contributed by atoms with Gasteiger partial charge in [-0.1, -0.05) is 51.0 Å². The zero-order chi connectivity index (χ0) is 21.9. The summed E-state index contributed by atoms with van der Waals surface area (Å²) in [6.45, 7) is 5.97. The molecular weight excluding hydrogens is 386 g/mol. The fraction of sp³-hybridized carbons (Fsp3) is 0.600. The van der Waals surface area contributed by atoms with E-state index in [1.807, 2.05) is 0 Å². The third-order valence-corrected chi connectivity index (χ3v) is 5.74. The summed E-state index contributed by atoms with van der Waals surface area (Å²) in [7, 11) is 1.32. The average Bonchev–Trinajstić information content (AvgIpc) is 2.79. The summed E-state index contributed by atoms with van der Waals surface area (Å²) in [5, 5.41) is 0. The second-order valence-electron chi connectivity index (χ2n) is 7.89. The lowest BCUT2D eigenvalue weighted by atomic mass is 9.92. The number of hydrogen-bond acceptors (Lipinski definition) is 3. The molecule has 0 N–H and O–H groups in total. The van der Waals surface area contributed by atoms with Gasteiger partial charge >= 0.3 is 0 Å². The van der Waals surface area contributed by atoms with Crippen LogP contribution in [0.25, 0.3) is 0 Å². The van der Waals surface area contributed by atoms with E-state index >= 15 is 0 Å². The van der Waals surface area contributed by atoms with Crippen molar-refractivity contribution < 1.29 is 23.0 Å². The molecule has 5 heteroatoms. The van der Waals surface area contributed by atoms with Crippen LogP contribution in [0.3, 0.4) is 0 Å². The Kier molecular flexibility index (Phi) is 10.5. The van der Waals surface area contributed by atoms with E-state index < -0.39 is 11.7 Å². The molecule has 1 aromatic carbocycles. The van der Waals surface area contributed by atoms with E-state index in [0.29, 0.717) is 18.9 Å². The van der Waals surface area contributed by atoms with Crippen molar-refractivity contribution in [1.82, 2.24) is 0 Å². The first-order chi connectivity index (χ1) is 14.5. The monoisotopic (exact) mass is 422 g/mol. The van der Waals surface area contributed by atoms with Crippen molar-refractivity contribution in [2.75, 3.05) is 20.3 Å². The molecule has 0 amide bonds. The van der Waals surface area contributed by atoms with Gasteiger partial charge in [0.05, 0.1) is 20.3 Å². The van der Waals surface area contributed by atoms with Crippen molar-refractivity contribution in [2.24, 2.45) is 0 Å². The molecule has 1 fully saturated rings. The summed E-state index contributed by atoms with van der Waals surface area (Å²) in [5.41, 5.74) is 2.94. The Bertz CT molecular complexity index is 702. The minimum absolute atomic E-state index is 0.00847. The third-order valence-electron chi connectivity index (χ3n) is 5.74. The molecule has 1 heterocycles. The van der Waals surface area contributed by atoms with Crippen molar-refractivity contribution in [2.45, 2.75) is 77.9 Å². The van der Waals surface area contributed by atoms with Gasteiger partial charge in [-0.3, -0.25) is 0 Å². The molecule has 0 aliphatic carbocycles. The largest absolute Gasteiger partial charge is 0.498 e. The van der Waals surface area contributed by atoms with Crippen molar-refractivity contribution in [3.05, 3.63) is 58.4 Å². The Labute approximate surface area is 180 Å². The van der Waals surface area contributed by atoms with Crippen LogP contribution < -0.4 is 0 Å². The summed E-state index contributed by atoms with van der Waals surface area (Å²) in [4.78, 5) is 0. The summed E-state index contributed by atoms with van der Waals surface area (Å²) in [6.07, 6.45) is 6.53. The van der Waals surface area contributed by atoms with Gasteiger partial charge in [-0.05, 0) is 55.7 Å². The maximum atomic E-state index is 14.3. The number of aryl methyl sites for hydroxylation is 1. The van der Waals surface area contributed by atoms with Crippen LogP contribution in [0.5, 0.6) is 0 Å². The van der Waals surface area contributed by atoms with Gasteiger partial charge < -0.3 is 14.2 Å². The lowest BCUT2D eigenvalue weighted by Crippen LogP contribution is -2.27. The second kappa shape index (κ2) is 12.9. The second-order valence-corrected chi connectivity index (χ2v) is 7.89. The molecule has 0 saturated carbocycles. The Morgan fingerprint density at radius 2 is 1.80 bits per heavy atom. The number of hydrogen-bond donors (Lipinski definition) is 0. The molecule has 3 nitrogen and oxygen atoms in total. The molecule has 30 heavy (non-hydrogen) atoms. The number of benzene rings is 1. The predicted molar refractivity (Wildman–Crippen MR) is 117 cm³/mol. The topological polar surface area (TPSA) is 27.7 Å². The highest BCUT2D eigenvalue weighted by molar-refractivity contribution is 5.27. The van der Waals surface area contributed by atoms with E-state index in [9.17, 15) is 8.78 Å². The van der Waals surface area contributed by atoms with Gasteiger partial charge in [0.25, 0.3) is 0 Å². The molecule has 2 rings (SSSR count). The lowest BCUT2D eigenvalue weighted by molar-refractivity contribution is -0.162. The SMILES string of the molecule is CCCCCc1ccc(C2CCC(OC/C(CC)=C(F)/C(F)=C(\C)OC)OC2)cc1. The first-order valence-corrected chi connectivity index (χ1v) is 11.1. The van der Waals surface area contributed by atoms with Gasteiger partial charge in [-0.2, -0.15) is 0 Å². The summed E-state index contributed by atoms with van der Waals surface area (Å²) < 4.78 is 44.7. The van der Waals surface area contributed by atoms with Crippen molar-refractivity contribution in [3.63, 3.8) is 0 Å². The van der Waals surface area contributed by atoms with E-state index in [-0.39, 0.29) is 24.2 Å². The number of rotatable bonds is 11. The fourth-order valence-electron chi connectivity index (χ4n) is 3.57. The van der Waals surface area contributed by atoms with Crippen LogP contribution in [0.4, 0.5) is 8.78 Å². The minimum Gasteiger partial charge on any atom is -0.498 e. The zero-order valence-electron chi connectivity index (χ0n) is 18.8. The van der Waals surface area contributed by atoms with Gasteiger partial charge in [0.1, 0.15) is 5.76 Å². The average molecular weight is 423 g/mol. The lowest BCUT2D eigenvalue weighted by Gasteiger charge is -2.29. The fourth-order valence-corrected chi connectivity index (χ4v) is 3.57. The first kappa shape index (κ1) is 24.5. The highest BCUT2D eigenvalue weighted by Crippen LogP contribution is 2.30. The summed E-state index contributed by atoms with van der Waals surface area (Å²) >= 11 is 0. The molecule has 2 atom stereocenters. The predicted octanol–water partition coefficient (Wildman–Crippen LogP) is 7.14. The maximum absolute atomic E-state index is 14.3. The number of halogens is 2. The van der Waals surface area contributed by atoms with E-state index in [4.69, 9.17) is 14.2 Å². The maximum Gasteiger partial charge on any atom is 0.196 e. The van der Waals surface area contributed by atoms with Crippen LogP contribution in [0, 0.1) is 0 Å². The number of allylic oxidation sites excluding steroid dienone is 3. The van der Waals surface area contributed by atoms with Gasteiger partial charge in [-0.25, -0.2) is 8.78 Å². The molecule has 0 aromatic heterocycles. The van der Waals surface area contributed by atoms with E-state index in [1.54, 1.807) is 6.92 Å². The molecule has 2 unspecified atom stereocenters. The Balaban J connectivity index is 1.84. The molecular formula is C25H36F2O3. The number of methoxy groups -OCH3 is 1. The summed E-state index contributed by atoms with van der Waals surface area (Å²) in [6, 6.07) is 8.85. The Morgan fingerprint density at radius 1 is 1.07 bits per heavy atom. The Hall–Kier alpha value is -1.72. The highest BCUT2D eigenvalue weighted by Gasteiger charge is 2.24. The van der Waals surface area contributed by atoms with Crippen LogP contribution >= 0.6 is 0 Å². The van der Waals surface area contributed by atoms with Crippen molar-refractivity contribution >= 4 is 0 Å². The van der Waals surface area contributed by atoms with Crippen LogP contribution in [-0.2, 0) is 20.6 Å². The quantitative estimate of drug-likeness (QED) is 0.215. The highest BCUT2D eigenvalue weighted by atomic mass is 19.2. The molecule has 0 radical (unpaired) electrons. The van der Waals surface area contributed by atoms with Gasteiger partial charge in [-0.15, -0.1) is 0 Å². The first-order valence-electron chi connectivity index (χ1n) is 11.1. The van der Waals surface area contributed by atoms with Gasteiger partial charge in [0.15, 0.2) is 17.9 Å². The smallest absolute Gasteiger partial charge is 0.196 e. The summed E-state index contributed by atoms with van der Waals surface area (Å²) in [5.74, 6) is -1.60. The molecule has 1 aromatic rings. The van der Waals surface area contributed by atoms with Crippen molar-refractivity contribution in [1.29, 1.82) is 0 Å². The van der Waals surface area contributed by atoms with Crippen molar-refractivity contribution in [3.8, 4) is 0 Å². The number of ether oxygens (including phenoxy) is 3. The zero-order valence-corrected chi connectivity index (χ0v) is 18.8. The van der Waals surface area contributed by atoms with E-state index in [1.165, 1.54) is 44.4 Å². The normalized spacial score (nSPS) is 21.1. The molecule has 168 valence electrons. The molecule has 0 spiro atoms. The van der Waals surface area contributed by atoms with Gasteiger partial charge in [0, 0.05) is 5.92 Å².